The number of hydrogen-bond acceptors (Lipinski definition) is 3. The summed E-state index contributed by atoms with van der Waals surface area (Å²) in [5.74, 6) is -0.772. The van der Waals surface area contributed by atoms with Crippen molar-refractivity contribution in [1.29, 1.82) is 0 Å². The maximum atomic E-state index is 12.9. The van der Waals surface area contributed by atoms with Crippen molar-refractivity contribution in [1.82, 2.24) is 4.90 Å². The van der Waals surface area contributed by atoms with E-state index in [1.54, 1.807) is 30.3 Å². The Labute approximate surface area is 152 Å². The molecule has 0 radical (unpaired) electrons. The number of aryl methyl sites for hydroxylation is 1. The summed E-state index contributed by atoms with van der Waals surface area (Å²) in [5.41, 5.74) is 2.57. The molecule has 0 bridgehead atoms. The van der Waals surface area contributed by atoms with Crippen LogP contribution in [0.25, 0.3) is 0 Å². The van der Waals surface area contributed by atoms with Crippen LogP contribution in [0.4, 0.5) is 5.69 Å². The molecule has 5 nitrogen and oxygen atoms in total. The molecule has 2 aliphatic rings. The van der Waals surface area contributed by atoms with E-state index in [4.69, 9.17) is 0 Å². The van der Waals surface area contributed by atoms with Gasteiger partial charge in [0, 0.05) is 18.7 Å². The van der Waals surface area contributed by atoms with Gasteiger partial charge in [-0.2, -0.15) is 0 Å². The quantitative estimate of drug-likeness (QED) is 0.782. The first-order valence-electron chi connectivity index (χ1n) is 8.95. The first-order valence-corrected chi connectivity index (χ1v) is 8.95. The zero-order valence-electron chi connectivity index (χ0n) is 14.7. The Bertz CT molecular complexity index is 913. The van der Waals surface area contributed by atoms with Crippen molar-refractivity contribution in [2.24, 2.45) is 0 Å². The van der Waals surface area contributed by atoms with E-state index in [0.717, 1.165) is 37.9 Å². The number of para-hydroxylation sites is 1. The molecule has 1 saturated heterocycles. The van der Waals surface area contributed by atoms with E-state index in [9.17, 15) is 14.4 Å². The van der Waals surface area contributed by atoms with Crippen molar-refractivity contribution in [2.45, 2.75) is 26.2 Å². The third-order valence-corrected chi connectivity index (χ3v) is 5.13. The third kappa shape index (κ3) is 2.60. The van der Waals surface area contributed by atoms with E-state index in [2.05, 4.69) is 0 Å². The highest BCUT2D eigenvalue weighted by molar-refractivity contribution is 6.35. The minimum atomic E-state index is -0.368. The minimum absolute atomic E-state index is 0.0675. The number of anilines is 1. The molecule has 0 spiro atoms. The van der Waals surface area contributed by atoms with Crippen LogP contribution in [0.2, 0.25) is 0 Å². The SMILES string of the molecule is Cc1ccccc1N1C(=O)c2ccc(C(=O)N3CCCCC3)cc2C1=O. The summed E-state index contributed by atoms with van der Waals surface area (Å²) in [6.45, 7) is 3.36. The summed E-state index contributed by atoms with van der Waals surface area (Å²) in [6, 6.07) is 12.1. The smallest absolute Gasteiger partial charge is 0.266 e. The summed E-state index contributed by atoms with van der Waals surface area (Å²) < 4.78 is 0. The van der Waals surface area contributed by atoms with Crippen molar-refractivity contribution in [2.75, 3.05) is 18.0 Å². The Hall–Kier alpha value is -2.95. The first-order chi connectivity index (χ1) is 12.6. The topological polar surface area (TPSA) is 57.7 Å². The van der Waals surface area contributed by atoms with Crippen molar-refractivity contribution in [3.63, 3.8) is 0 Å². The molecule has 0 unspecified atom stereocenters. The second-order valence-electron chi connectivity index (χ2n) is 6.85. The fourth-order valence-corrected chi connectivity index (χ4v) is 3.69. The number of likely N-dealkylation sites (tertiary alicyclic amines) is 1. The van der Waals surface area contributed by atoms with E-state index in [1.807, 2.05) is 24.0 Å². The fraction of sp³-hybridized carbons (Fsp3) is 0.286. The van der Waals surface area contributed by atoms with Crippen LogP contribution in [0.15, 0.2) is 42.5 Å². The standard InChI is InChI=1S/C21H20N2O3/c1-14-7-3-4-8-18(14)23-20(25)16-10-9-15(13-17(16)21(23)26)19(24)22-11-5-2-6-12-22/h3-4,7-10,13H,2,5-6,11-12H2,1H3. The Morgan fingerprint density at radius 1 is 0.885 bits per heavy atom. The molecule has 0 N–H and O–H groups in total. The predicted octanol–water partition coefficient (Wildman–Crippen LogP) is 3.42. The monoisotopic (exact) mass is 348 g/mol. The number of rotatable bonds is 2. The Morgan fingerprint density at radius 2 is 1.58 bits per heavy atom. The lowest BCUT2D eigenvalue weighted by Gasteiger charge is -2.26. The lowest BCUT2D eigenvalue weighted by Crippen LogP contribution is -2.35. The fourth-order valence-electron chi connectivity index (χ4n) is 3.69. The van der Waals surface area contributed by atoms with Gasteiger partial charge in [-0.25, -0.2) is 4.90 Å². The van der Waals surface area contributed by atoms with Crippen molar-refractivity contribution in [3.8, 4) is 0 Å². The van der Waals surface area contributed by atoms with Gasteiger partial charge in [0.2, 0.25) is 0 Å². The molecule has 5 heteroatoms. The second kappa shape index (κ2) is 6.41. The molecule has 0 aromatic heterocycles. The molecule has 4 rings (SSSR count). The van der Waals surface area contributed by atoms with Gasteiger partial charge in [0.1, 0.15) is 0 Å². The van der Waals surface area contributed by atoms with Crippen LogP contribution in [-0.2, 0) is 0 Å². The van der Waals surface area contributed by atoms with E-state index < -0.39 is 0 Å². The Balaban J connectivity index is 1.68. The molecule has 0 saturated carbocycles. The van der Waals surface area contributed by atoms with Gasteiger partial charge >= 0.3 is 0 Å². The lowest BCUT2D eigenvalue weighted by atomic mass is 10.0. The van der Waals surface area contributed by atoms with Crippen LogP contribution in [0.1, 0.15) is 55.9 Å². The van der Waals surface area contributed by atoms with Crippen LogP contribution >= 0.6 is 0 Å². The third-order valence-electron chi connectivity index (χ3n) is 5.13. The van der Waals surface area contributed by atoms with Gasteiger partial charge in [0.05, 0.1) is 16.8 Å². The molecule has 2 aromatic carbocycles. The number of amides is 3. The molecular weight excluding hydrogens is 328 g/mol. The minimum Gasteiger partial charge on any atom is -0.339 e. The van der Waals surface area contributed by atoms with Gasteiger partial charge in [-0.15, -0.1) is 0 Å². The Kier molecular flexibility index (Phi) is 4.07. The molecule has 132 valence electrons. The van der Waals surface area contributed by atoms with Crippen LogP contribution in [0.5, 0.6) is 0 Å². The average molecular weight is 348 g/mol. The average Bonchev–Trinajstić information content (AvgIpc) is 2.92. The van der Waals surface area contributed by atoms with Crippen LogP contribution < -0.4 is 4.90 Å². The molecule has 1 fully saturated rings. The number of piperidine rings is 1. The summed E-state index contributed by atoms with van der Waals surface area (Å²) >= 11 is 0. The summed E-state index contributed by atoms with van der Waals surface area (Å²) in [5, 5.41) is 0. The molecule has 0 atom stereocenters. The molecule has 2 heterocycles. The van der Waals surface area contributed by atoms with Gasteiger partial charge in [0.15, 0.2) is 0 Å². The van der Waals surface area contributed by atoms with Crippen molar-refractivity contribution in [3.05, 3.63) is 64.7 Å². The summed E-state index contributed by atoms with van der Waals surface area (Å²) in [6.07, 6.45) is 3.16. The largest absolute Gasteiger partial charge is 0.339 e. The van der Waals surface area contributed by atoms with Gasteiger partial charge in [-0.05, 0) is 56.0 Å². The number of benzene rings is 2. The van der Waals surface area contributed by atoms with E-state index in [0.29, 0.717) is 22.4 Å². The molecule has 3 amide bonds. The highest BCUT2D eigenvalue weighted by Gasteiger charge is 2.38. The summed E-state index contributed by atoms with van der Waals surface area (Å²) in [4.78, 5) is 41.4. The number of fused-ring (bicyclic) bond motifs is 1. The maximum Gasteiger partial charge on any atom is 0.266 e. The van der Waals surface area contributed by atoms with Crippen molar-refractivity contribution >= 4 is 23.4 Å². The number of hydrogen-bond donors (Lipinski definition) is 0. The first kappa shape index (κ1) is 16.5. The van der Waals surface area contributed by atoms with Gasteiger partial charge in [-0.1, -0.05) is 18.2 Å². The number of imide groups is 1. The predicted molar refractivity (Wildman–Crippen MR) is 98.5 cm³/mol. The van der Waals surface area contributed by atoms with Gasteiger partial charge in [-0.3, -0.25) is 14.4 Å². The number of nitrogens with zero attached hydrogens (tertiary/aromatic N) is 2. The molecule has 2 aromatic rings. The molecular formula is C21H20N2O3. The number of carbonyl (C=O) groups excluding carboxylic acids is 3. The van der Waals surface area contributed by atoms with E-state index >= 15 is 0 Å². The second-order valence-corrected chi connectivity index (χ2v) is 6.85. The summed E-state index contributed by atoms with van der Waals surface area (Å²) in [7, 11) is 0. The van der Waals surface area contributed by atoms with Crippen molar-refractivity contribution < 1.29 is 14.4 Å². The van der Waals surface area contributed by atoms with Crippen LogP contribution in [-0.4, -0.2) is 35.7 Å². The number of carbonyl (C=O) groups is 3. The van der Waals surface area contributed by atoms with E-state index in [-0.39, 0.29) is 17.7 Å². The molecule has 2 aliphatic heterocycles. The maximum absolute atomic E-state index is 12.9. The normalized spacial score (nSPS) is 16.8. The molecule has 26 heavy (non-hydrogen) atoms. The van der Waals surface area contributed by atoms with Crippen LogP contribution in [0.3, 0.4) is 0 Å². The Morgan fingerprint density at radius 3 is 2.31 bits per heavy atom. The van der Waals surface area contributed by atoms with Gasteiger partial charge in [0.25, 0.3) is 17.7 Å². The zero-order chi connectivity index (χ0) is 18.3. The highest BCUT2D eigenvalue weighted by Crippen LogP contribution is 2.31. The van der Waals surface area contributed by atoms with Gasteiger partial charge < -0.3 is 4.90 Å². The highest BCUT2D eigenvalue weighted by atomic mass is 16.2. The zero-order valence-corrected chi connectivity index (χ0v) is 14.7. The molecule has 0 aliphatic carbocycles. The van der Waals surface area contributed by atoms with Crippen LogP contribution in [0, 0.1) is 6.92 Å². The lowest BCUT2D eigenvalue weighted by molar-refractivity contribution is 0.0724. The van der Waals surface area contributed by atoms with E-state index in [1.165, 1.54) is 4.90 Å².